The first-order valence-electron chi connectivity index (χ1n) is 6.49. The van der Waals surface area contributed by atoms with Crippen LogP contribution in [-0.2, 0) is 0 Å². The van der Waals surface area contributed by atoms with Crippen LogP contribution in [0.15, 0.2) is 48.5 Å². The van der Waals surface area contributed by atoms with Crippen molar-refractivity contribution in [2.24, 2.45) is 0 Å². The second-order valence-corrected chi connectivity index (χ2v) is 5.45. The Hall–Kier alpha value is -1.54. The van der Waals surface area contributed by atoms with Crippen LogP contribution in [0.4, 0.5) is 10.1 Å². The first kappa shape index (κ1) is 12.5. The van der Waals surface area contributed by atoms with E-state index in [1.165, 1.54) is 17.7 Å². The fourth-order valence-electron chi connectivity index (χ4n) is 2.58. The van der Waals surface area contributed by atoms with E-state index in [2.05, 4.69) is 11.4 Å². The van der Waals surface area contributed by atoms with Crippen LogP contribution >= 0.6 is 11.6 Å². The maximum atomic E-state index is 12.8. The van der Waals surface area contributed by atoms with Crippen molar-refractivity contribution in [3.05, 3.63) is 64.9 Å². The molecule has 1 fully saturated rings. The van der Waals surface area contributed by atoms with Gasteiger partial charge in [0, 0.05) is 16.8 Å². The standard InChI is InChI=1S/C16H15ClFN/c17-16-4-2-1-3-15(16)11-9-14(10-11)19-13-7-5-12(18)6-8-13/h1-8,11,14,19H,9-10H2. The Balaban J connectivity index is 1.58. The largest absolute Gasteiger partial charge is 0.382 e. The third kappa shape index (κ3) is 2.74. The van der Waals surface area contributed by atoms with Gasteiger partial charge in [-0.3, -0.25) is 0 Å². The molecular formula is C16H15ClFN. The molecule has 0 aliphatic heterocycles. The van der Waals surface area contributed by atoms with Gasteiger partial charge >= 0.3 is 0 Å². The Morgan fingerprint density at radius 1 is 1.00 bits per heavy atom. The zero-order valence-electron chi connectivity index (χ0n) is 10.4. The highest BCUT2D eigenvalue weighted by Crippen LogP contribution is 2.41. The van der Waals surface area contributed by atoms with Crippen molar-refractivity contribution in [2.45, 2.75) is 24.8 Å². The van der Waals surface area contributed by atoms with Crippen molar-refractivity contribution in [3.63, 3.8) is 0 Å². The first-order valence-corrected chi connectivity index (χ1v) is 6.86. The third-order valence-corrected chi connectivity index (χ3v) is 4.04. The highest BCUT2D eigenvalue weighted by molar-refractivity contribution is 6.31. The number of halogens is 2. The van der Waals surface area contributed by atoms with E-state index < -0.39 is 0 Å². The molecule has 1 nitrogen and oxygen atoms in total. The van der Waals surface area contributed by atoms with Gasteiger partial charge in [-0.15, -0.1) is 0 Å². The summed E-state index contributed by atoms with van der Waals surface area (Å²) in [4.78, 5) is 0. The lowest BCUT2D eigenvalue weighted by atomic mass is 9.76. The second-order valence-electron chi connectivity index (χ2n) is 5.04. The lowest BCUT2D eigenvalue weighted by Gasteiger charge is -2.37. The molecule has 0 atom stereocenters. The summed E-state index contributed by atoms with van der Waals surface area (Å²) in [5.41, 5.74) is 2.21. The maximum Gasteiger partial charge on any atom is 0.123 e. The summed E-state index contributed by atoms with van der Waals surface area (Å²) >= 11 is 6.20. The normalized spacial score (nSPS) is 21.8. The van der Waals surface area contributed by atoms with Crippen molar-refractivity contribution < 1.29 is 4.39 Å². The Bertz CT molecular complexity index is 561. The van der Waals surface area contributed by atoms with Crippen LogP contribution in [0.3, 0.4) is 0 Å². The Labute approximate surface area is 117 Å². The second kappa shape index (κ2) is 5.22. The van der Waals surface area contributed by atoms with E-state index in [-0.39, 0.29) is 5.82 Å². The minimum absolute atomic E-state index is 0.201. The van der Waals surface area contributed by atoms with Gasteiger partial charge in [0.15, 0.2) is 0 Å². The minimum atomic E-state index is -0.201. The van der Waals surface area contributed by atoms with Crippen LogP contribution in [0.25, 0.3) is 0 Å². The molecule has 3 heteroatoms. The molecule has 1 aliphatic carbocycles. The van der Waals surface area contributed by atoms with Gasteiger partial charge in [-0.2, -0.15) is 0 Å². The Kier molecular flexibility index (Phi) is 3.43. The maximum absolute atomic E-state index is 12.8. The van der Waals surface area contributed by atoms with Crippen molar-refractivity contribution >= 4 is 17.3 Å². The summed E-state index contributed by atoms with van der Waals surface area (Å²) in [6, 6.07) is 15.0. The topological polar surface area (TPSA) is 12.0 Å². The SMILES string of the molecule is Fc1ccc(NC2CC(c3ccccc3Cl)C2)cc1. The summed E-state index contributed by atoms with van der Waals surface area (Å²) in [7, 11) is 0. The minimum Gasteiger partial charge on any atom is -0.382 e. The van der Waals surface area contributed by atoms with Gasteiger partial charge in [0.25, 0.3) is 0 Å². The molecule has 0 unspecified atom stereocenters. The number of hydrogen-bond donors (Lipinski definition) is 1. The number of benzene rings is 2. The predicted octanol–water partition coefficient (Wildman–Crippen LogP) is 4.84. The summed E-state index contributed by atoms with van der Waals surface area (Å²) in [5, 5.41) is 4.27. The van der Waals surface area contributed by atoms with Gasteiger partial charge in [0.2, 0.25) is 0 Å². The molecule has 2 aromatic carbocycles. The first-order chi connectivity index (χ1) is 9.22. The monoisotopic (exact) mass is 275 g/mol. The number of nitrogens with one attached hydrogen (secondary N) is 1. The average Bonchev–Trinajstić information content (AvgIpc) is 2.37. The summed E-state index contributed by atoms with van der Waals surface area (Å²) in [6.45, 7) is 0. The Morgan fingerprint density at radius 2 is 1.68 bits per heavy atom. The van der Waals surface area contributed by atoms with E-state index in [1.807, 2.05) is 18.2 Å². The van der Waals surface area contributed by atoms with E-state index in [4.69, 9.17) is 11.6 Å². The molecular weight excluding hydrogens is 261 g/mol. The summed E-state index contributed by atoms with van der Waals surface area (Å²) < 4.78 is 12.8. The lowest BCUT2D eigenvalue weighted by molar-refractivity contribution is 0.374. The number of anilines is 1. The summed E-state index contributed by atoms with van der Waals surface area (Å²) in [6.07, 6.45) is 2.14. The molecule has 1 N–H and O–H groups in total. The van der Waals surface area contributed by atoms with Crippen LogP contribution in [0.1, 0.15) is 24.3 Å². The molecule has 19 heavy (non-hydrogen) atoms. The molecule has 1 saturated carbocycles. The zero-order valence-corrected chi connectivity index (χ0v) is 11.2. The van der Waals surface area contributed by atoms with Crippen LogP contribution in [0.5, 0.6) is 0 Å². The quantitative estimate of drug-likeness (QED) is 0.845. The van der Waals surface area contributed by atoms with Crippen molar-refractivity contribution in [2.75, 3.05) is 5.32 Å². The highest BCUT2D eigenvalue weighted by Gasteiger charge is 2.31. The smallest absolute Gasteiger partial charge is 0.123 e. The van der Waals surface area contributed by atoms with Crippen LogP contribution in [0, 0.1) is 5.82 Å². The van der Waals surface area contributed by atoms with Gasteiger partial charge in [0.05, 0.1) is 0 Å². The lowest BCUT2D eigenvalue weighted by Crippen LogP contribution is -2.34. The molecule has 0 amide bonds. The van der Waals surface area contributed by atoms with Crippen molar-refractivity contribution in [1.82, 2.24) is 0 Å². The van der Waals surface area contributed by atoms with Crippen LogP contribution < -0.4 is 5.32 Å². The highest BCUT2D eigenvalue weighted by atomic mass is 35.5. The van der Waals surface area contributed by atoms with Gasteiger partial charge in [-0.25, -0.2) is 4.39 Å². The van der Waals surface area contributed by atoms with E-state index in [9.17, 15) is 4.39 Å². The van der Waals surface area contributed by atoms with E-state index in [1.54, 1.807) is 12.1 Å². The molecule has 3 rings (SSSR count). The van der Waals surface area contributed by atoms with E-state index >= 15 is 0 Å². The molecule has 0 aromatic heterocycles. The molecule has 2 aromatic rings. The molecule has 98 valence electrons. The van der Waals surface area contributed by atoms with Crippen LogP contribution in [0.2, 0.25) is 5.02 Å². The molecule has 0 bridgehead atoms. The number of hydrogen-bond acceptors (Lipinski definition) is 1. The van der Waals surface area contributed by atoms with Gasteiger partial charge < -0.3 is 5.32 Å². The zero-order chi connectivity index (χ0) is 13.2. The third-order valence-electron chi connectivity index (χ3n) is 3.70. The molecule has 0 heterocycles. The van der Waals surface area contributed by atoms with Crippen molar-refractivity contribution in [1.29, 1.82) is 0 Å². The van der Waals surface area contributed by atoms with E-state index in [0.29, 0.717) is 12.0 Å². The molecule has 0 radical (unpaired) electrons. The fraction of sp³-hybridized carbons (Fsp3) is 0.250. The van der Waals surface area contributed by atoms with Gasteiger partial charge in [0.1, 0.15) is 5.82 Å². The number of rotatable bonds is 3. The van der Waals surface area contributed by atoms with Crippen LogP contribution in [-0.4, -0.2) is 6.04 Å². The molecule has 1 aliphatic rings. The van der Waals surface area contributed by atoms with Crippen molar-refractivity contribution in [3.8, 4) is 0 Å². The average molecular weight is 276 g/mol. The Morgan fingerprint density at radius 3 is 2.37 bits per heavy atom. The van der Waals surface area contributed by atoms with Gasteiger partial charge in [-0.05, 0) is 54.7 Å². The van der Waals surface area contributed by atoms with E-state index in [0.717, 1.165) is 23.6 Å². The fourth-order valence-corrected chi connectivity index (χ4v) is 2.87. The molecule has 0 spiro atoms. The van der Waals surface area contributed by atoms with Gasteiger partial charge in [-0.1, -0.05) is 29.8 Å². The predicted molar refractivity (Wildman–Crippen MR) is 77.2 cm³/mol. The summed E-state index contributed by atoms with van der Waals surface area (Å²) in [5.74, 6) is 0.333. The molecule has 0 saturated heterocycles.